The fourth-order valence-electron chi connectivity index (χ4n) is 3.19. The van der Waals surface area contributed by atoms with Crippen LogP contribution in [0.25, 0.3) is 0 Å². The number of carbonyl (C=O) groups excluding carboxylic acids is 1. The molecule has 0 aliphatic heterocycles. The average Bonchev–Trinajstić information content (AvgIpc) is 2.69. The van der Waals surface area contributed by atoms with Crippen molar-refractivity contribution in [1.29, 1.82) is 0 Å². The van der Waals surface area contributed by atoms with E-state index >= 15 is 0 Å². The van der Waals surface area contributed by atoms with Gasteiger partial charge in [-0.1, -0.05) is 19.3 Å². The number of hydrogen-bond acceptors (Lipinski definition) is 4. The van der Waals surface area contributed by atoms with Crippen LogP contribution in [0.4, 0.5) is 0 Å². The highest BCUT2D eigenvalue weighted by Crippen LogP contribution is 2.25. The van der Waals surface area contributed by atoms with Crippen molar-refractivity contribution in [2.24, 2.45) is 5.92 Å². The summed E-state index contributed by atoms with van der Waals surface area (Å²) in [5.41, 5.74) is 0.492. The second-order valence-corrected chi connectivity index (χ2v) is 6.63. The number of rotatable bonds is 7. The molecule has 0 aromatic heterocycles. The Morgan fingerprint density at radius 2 is 1.42 bits per heavy atom. The maximum Gasteiger partial charge on any atom is 0.343 e. The van der Waals surface area contributed by atoms with Crippen molar-refractivity contribution in [1.82, 2.24) is 0 Å². The summed E-state index contributed by atoms with van der Waals surface area (Å²) in [6, 6.07) is 14.2. The van der Waals surface area contributed by atoms with Gasteiger partial charge in [-0.3, -0.25) is 0 Å². The molecule has 0 heterocycles. The van der Waals surface area contributed by atoms with E-state index < -0.39 is 0 Å². The van der Waals surface area contributed by atoms with Crippen LogP contribution >= 0.6 is 0 Å². The molecule has 0 atom stereocenters. The number of esters is 1. The number of ether oxygens (including phenoxy) is 3. The molecule has 4 heteroatoms. The van der Waals surface area contributed by atoms with Crippen molar-refractivity contribution in [3.05, 3.63) is 54.1 Å². The molecule has 2 aromatic carbocycles. The van der Waals surface area contributed by atoms with Crippen molar-refractivity contribution in [2.45, 2.75) is 39.0 Å². The van der Waals surface area contributed by atoms with Crippen LogP contribution in [0, 0.1) is 5.92 Å². The third-order valence-corrected chi connectivity index (χ3v) is 4.65. The summed E-state index contributed by atoms with van der Waals surface area (Å²) >= 11 is 0. The molecular weight excluding hydrogens is 328 g/mol. The van der Waals surface area contributed by atoms with Crippen molar-refractivity contribution in [3.8, 4) is 17.2 Å². The summed E-state index contributed by atoms with van der Waals surface area (Å²) in [4.78, 5) is 12.2. The Balaban J connectivity index is 1.50. The molecule has 1 aliphatic carbocycles. The molecule has 1 saturated carbocycles. The summed E-state index contributed by atoms with van der Waals surface area (Å²) in [6.07, 6.45) is 6.50. The highest BCUT2D eigenvalue weighted by atomic mass is 16.5. The van der Waals surface area contributed by atoms with Crippen molar-refractivity contribution in [2.75, 3.05) is 13.2 Å². The third kappa shape index (κ3) is 5.25. The van der Waals surface area contributed by atoms with E-state index in [1.54, 1.807) is 36.4 Å². The molecule has 2 aromatic rings. The van der Waals surface area contributed by atoms with E-state index in [-0.39, 0.29) is 5.97 Å². The molecule has 138 valence electrons. The fourth-order valence-corrected chi connectivity index (χ4v) is 3.19. The van der Waals surface area contributed by atoms with Gasteiger partial charge in [0.05, 0.1) is 18.8 Å². The molecule has 1 aliphatic rings. The first kappa shape index (κ1) is 18.3. The minimum absolute atomic E-state index is 0.385. The van der Waals surface area contributed by atoms with Crippen LogP contribution in [0.2, 0.25) is 0 Å². The van der Waals surface area contributed by atoms with Gasteiger partial charge in [0.25, 0.3) is 0 Å². The number of hydrogen-bond donors (Lipinski definition) is 0. The predicted molar refractivity (Wildman–Crippen MR) is 101 cm³/mol. The Bertz CT molecular complexity index is 685. The summed E-state index contributed by atoms with van der Waals surface area (Å²) in [5.74, 6) is 2.35. The molecule has 4 nitrogen and oxygen atoms in total. The van der Waals surface area contributed by atoms with Gasteiger partial charge in [-0.05, 0) is 74.2 Å². The average molecular weight is 354 g/mol. The molecule has 26 heavy (non-hydrogen) atoms. The highest BCUT2D eigenvalue weighted by molar-refractivity contribution is 5.91. The number of benzene rings is 2. The molecule has 0 bridgehead atoms. The van der Waals surface area contributed by atoms with E-state index in [2.05, 4.69) is 0 Å². The van der Waals surface area contributed by atoms with Gasteiger partial charge in [0, 0.05) is 0 Å². The monoisotopic (exact) mass is 354 g/mol. The van der Waals surface area contributed by atoms with Crippen molar-refractivity contribution >= 4 is 5.97 Å². The summed E-state index contributed by atoms with van der Waals surface area (Å²) < 4.78 is 16.7. The van der Waals surface area contributed by atoms with Gasteiger partial charge in [-0.15, -0.1) is 0 Å². The van der Waals surface area contributed by atoms with Crippen LogP contribution in [0.1, 0.15) is 49.4 Å². The normalized spacial score (nSPS) is 14.7. The molecule has 0 unspecified atom stereocenters. The zero-order valence-corrected chi connectivity index (χ0v) is 15.3. The van der Waals surface area contributed by atoms with Crippen LogP contribution in [0.5, 0.6) is 17.2 Å². The Morgan fingerprint density at radius 3 is 2.08 bits per heavy atom. The van der Waals surface area contributed by atoms with Gasteiger partial charge in [0.2, 0.25) is 0 Å². The molecule has 0 N–H and O–H groups in total. The van der Waals surface area contributed by atoms with Crippen molar-refractivity contribution < 1.29 is 19.0 Å². The lowest BCUT2D eigenvalue weighted by Crippen LogP contribution is -2.15. The van der Waals surface area contributed by atoms with Gasteiger partial charge in [-0.25, -0.2) is 4.79 Å². The first-order valence-corrected chi connectivity index (χ1v) is 9.42. The van der Waals surface area contributed by atoms with Gasteiger partial charge in [-0.2, -0.15) is 0 Å². The molecule has 0 saturated heterocycles. The SMILES string of the molecule is CCOc1ccc(C(=O)Oc2ccc(OCC3CCCCC3)cc2)cc1. The largest absolute Gasteiger partial charge is 0.494 e. The Morgan fingerprint density at radius 1 is 0.846 bits per heavy atom. The lowest BCUT2D eigenvalue weighted by Gasteiger charge is -2.21. The minimum atomic E-state index is -0.385. The fraction of sp³-hybridized carbons (Fsp3) is 0.409. The minimum Gasteiger partial charge on any atom is -0.494 e. The number of carbonyl (C=O) groups is 1. The van der Waals surface area contributed by atoms with E-state index in [9.17, 15) is 4.79 Å². The van der Waals surface area contributed by atoms with Crippen LogP contribution in [-0.2, 0) is 0 Å². The van der Waals surface area contributed by atoms with Crippen LogP contribution in [-0.4, -0.2) is 19.2 Å². The molecule has 3 rings (SSSR count). The Hall–Kier alpha value is -2.49. The van der Waals surface area contributed by atoms with E-state index in [1.807, 2.05) is 19.1 Å². The topological polar surface area (TPSA) is 44.8 Å². The summed E-state index contributed by atoms with van der Waals surface area (Å²) in [5, 5.41) is 0. The van der Waals surface area contributed by atoms with E-state index in [0.29, 0.717) is 23.8 Å². The first-order valence-electron chi connectivity index (χ1n) is 9.42. The van der Waals surface area contributed by atoms with Crippen LogP contribution in [0.15, 0.2) is 48.5 Å². The molecule has 0 radical (unpaired) electrons. The molecule has 0 amide bonds. The molecule has 1 fully saturated rings. The van der Waals surface area contributed by atoms with Gasteiger partial charge in [0.15, 0.2) is 0 Å². The van der Waals surface area contributed by atoms with Gasteiger partial charge < -0.3 is 14.2 Å². The third-order valence-electron chi connectivity index (χ3n) is 4.65. The predicted octanol–water partition coefficient (Wildman–Crippen LogP) is 5.26. The Kier molecular flexibility index (Phi) is 6.53. The van der Waals surface area contributed by atoms with E-state index in [4.69, 9.17) is 14.2 Å². The van der Waals surface area contributed by atoms with Crippen molar-refractivity contribution in [3.63, 3.8) is 0 Å². The van der Waals surface area contributed by atoms with E-state index in [0.717, 1.165) is 18.1 Å². The van der Waals surface area contributed by atoms with Crippen LogP contribution in [0.3, 0.4) is 0 Å². The van der Waals surface area contributed by atoms with E-state index in [1.165, 1.54) is 32.1 Å². The highest BCUT2D eigenvalue weighted by Gasteiger charge is 2.14. The lowest BCUT2D eigenvalue weighted by molar-refractivity contribution is 0.0734. The zero-order chi connectivity index (χ0) is 18.2. The standard InChI is InChI=1S/C22H26O4/c1-2-24-19-10-8-18(9-11-19)22(23)26-21-14-12-20(13-15-21)25-16-17-6-4-3-5-7-17/h8-15,17H,2-7,16H2,1H3. The second kappa shape index (κ2) is 9.27. The Labute approximate surface area is 155 Å². The molecular formula is C22H26O4. The maximum absolute atomic E-state index is 12.2. The van der Waals surface area contributed by atoms with Gasteiger partial charge >= 0.3 is 5.97 Å². The second-order valence-electron chi connectivity index (χ2n) is 6.63. The quantitative estimate of drug-likeness (QED) is 0.502. The van der Waals surface area contributed by atoms with Gasteiger partial charge in [0.1, 0.15) is 17.2 Å². The zero-order valence-electron chi connectivity index (χ0n) is 15.3. The maximum atomic E-state index is 12.2. The first-order chi connectivity index (χ1) is 12.7. The smallest absolute Gasteiger partial charge is 0.343 e. The molecule has 0 spiro atoms. The summed E-state index contributed by atoms with van der Waals surface area (Å²) in [7, 11) is 0. The lowest BCUT2D eigenvalue weighted by atomic mass is 9.90. The van der Waals surface area contributed by atoms with Crippen LogP contribution < -0.4 is 14.2 Å². The summed E-state index contributed by atoms with van der Waals surface area (Å²) in [6.45, 7) is 3.29.